The van der Waals surface area contributed by atoms with Crippen molar-refractivity contribution >= 4 is 11.8 Å². The third-order valence-corrected chi connectivity index (χ3v) is 5.53. The fraction of sp³-hybridized carbons (Fsp3) is 1.00. The standard InChI is InChI=1S/C16H32N2S/c1-14(2)11-15-12-17-16(7-4-5-8-16)13-18(15)9-6-10-19-3/h14-15,17H,4-13H2,1-3H3. The van der Waals surface area contributed by atoms with Gasteiger partial charge in [-0.05, 0) is 50.2 Å². The molecule has 1 aliphatic heterocycles. The molecular formula is C16H32N2S. The largest absolute Gasteiger partial charge is 0.308 e. The third kappa shape index (κ3) is 4.37. The Balaban J connectivity index is 1.92. The first kappa shape index (κ1) is 15.7. The maximum absolute atomic E-state index is 3.92. The second kappa shape index (κ2) is 7.33. The summed E-state index contributed by atoms with van der Waals surface area (Å²) in [5.74, 6) is 2.12. The minimum absolute atomic E-state index is 0.479. The van der Waals surface area contributed by atoms with Crippen molar-refractivity contribution in [2.75, 3.05) is 31.6 Å². The molecule has 1 N–H and O–H groups in total. The summed E-state index contributed by atoms with van der Waals surface area (Å²) in [6.45, 7) is 8.55. The summed E-state index contributed by atoms with van der Waals surface area (Å²) in [4.78, 5) is 2.82. The van der Waals surface area contributed by atoms with Crippen molar-refractivity contribution in [1.29, 1.82) is 0 Å². The summed E-state index contributed by atoms with van der Waals surface area (Å²) in [6, 6.07) is 0.771. The van der Waals surface area contributed by atoms with E-state index in [0.717, 1.165) is 12.0 Å². The molecule has 0 aromatic heterocycles. The molecule has 1 spiro atoms. The highest BCUT2D eigenvalue weighted by Gasteiger charge is 2.40. The Morgan fingerprint density at radius 2 is 2.05 bits per heavy atom. The molecule has 0 amide bonds. The van der Waals surface area contributed by atoms with Crippen molar-refractivity contribution in [1.82, 2.24) is 10.2 Å². The van der Waals surface area contributed by atoms with Gasteiger partial charge in [0, 0.05) is 24.7 Å². The van der Waals surface area contributed by atoms with Crippen molar-refractivity contribution in [2.24, 2.45) is 5.92 Å². The molecule has 19 heavy (non-hydrogen) atoms. The molecule has 0 radical (unpaired) electrons. The SMILES string of the molecule is CSCCCN1CC2(CCCC2)NCC1CC(C)C. The van der Waals surface area contributed by atoms with Crippen LogP contribution in [0, 0.1) is 5.92 Å². The van der Waals surface area contributed by atoms with Crippen molar-refractivity contribution in [3.05, 3.63) is 0 Å². The predicted octanol–water partition coefficient (Wildman–Crippen LogP) is 3.37. The number of piperazine rings is 1. The Kier molecular flexibility index (Phi) is 6.04. The van der Waals surface area contributed by atoms with E-state index in [2.05, 4.69) is 30.3 Å². The van der Waals surface area contributed by atoms with Gasteiger partial charge in [0.2, 0.25) is 0 Å². The summed E-state index contributed by atoms with van der Waals surface area (Å²) in [6.07, 6.45) is 10.6. The van der Waals surface area contributed by atoms with Gasteiger partial charge in [0.1, 0.15) is 0 Å². The molecule has 3 heteroatoms. The maximum atomic E-state index is 3.92. The lowest BCUT2D eigenvalue weighted by Gasteiger charge is -2.47. The number of thioether (sulfide) groups is 1. The van der Waals surface area contributed by atoms with Gasteiger partial charge in [-0.2, -0.15) is 11.8 Å². The van der Waals surface area contributed by atoms with Crippen molar-refractivity contribution in [3.63, 3.8) is 0 Å². The minimum Gasteiger partial charge on any atom is -0.308 e. The smallest absolute Gasteiger partial charge is 0.0309 e. The molecule has 1 saturated carbocycles. The van der Waals surface area contributed by atoms with E-state index in [-0.39, 0.29) is 0 Å². The molecule has 2 fully saturated rings. The molecule has 1 heterocycles. The van der Waals surface area contributed by atoms with Crippen LogP contribution in [0.1, 0.15) is 52.4 Å². The van der Waals surface area contributed by atoms with Crippen LogP contribution < -0.4 is 5.32 Å². The summed E-state index contributed by atoms with van der Waals surface area (Å²) in [5.41, 5.74) is 0.479. The van der Waals surface area contributed by atoms with Gasteiger partial charge >= 0.3 is 0 Å². The zero-order valence-corrected chi connectivity index (χ0v) is 13.9. The van der Waals surface area contributed by atoms with Gasteiger partial charge in [0.15, 0.2) is 0 Å². The number of rotatable bonds is 6. The summed E-state index contributed by atoms with van der Waals surface area (Å²) in [7, 11) is 0. The fourth-order valence-electron chi connectivity index (χ4n) is 3.87. The van der Waals surface area contributed by atoms with Crippen LogP contribution in [0.4, 0.5) is 0 Å². The molecule has 1 saturated heterocycles. The Morgan fingerprint density at radius 3 is 2.68 bits per heavy atom. The highest BCUT2D eigenvalue weighted by Crippen LogP contribution is 2.34. The van der Waals surface area contributed by atoms with E-state index >= 15 is 0 Å². The van der Waals surface area contributed by atoms with Gasteiger partial charge < -0.3 is 5.32 Å². The molecular weight excluding hydrogens is 252 g/mol. The summed E-state index contributed by atoms with van der Waals surface area (Å²) >= 11 is 1.99. The monoisotopic (exact) mass is 284 g/mol. The summed E-state index contributed by atoms with van der Waals surface area (Å²) < 4.78 is 0. The van der Waals surface area contributed by atoms with Gasteiger partial charge in [0.05, 0.1) is 0 Å². The lowest BCUT2D eigenvalue weighted by atomic mass is 9.90. The number of hydrogen-bond acceptors (Lipinski definition) is 3. The van der Waals surface area contributed by atoms with E-state index < -0.39 is 0 Å². The van der Waals surface area contributed by atoms with Crippen molar-refractivity contribution in [2.45, 2.75) is 64.0 Å². The van der Waals surface area contributed by atoms with Crippen LogP contribution in [-0.4, -0.2) is 48.1 Å². The molecule has 2 aliphatic rings. The first-order chi connectivity index (χ1) is 9.15. The quantitative estimate of drug-likeness (QED) is 0.753. The van der Waals surface area contributed by atoms with Crippen LogP contribution in [-0.2, 0) is 0 Å². The van der Waals surface area contributed by atoms with Crippen LogP contribution >= 0.6 is 11.8 Å². The van der Waals surface area contributed by atoms with E-state index in [1.165, 1.54) is 63.9 Å². The third-order valence-electron chi connectivity index (χ3n) is 4.83. The first-order valence-electron chi connectivity index (χ1n) is 8.13. The minimum atomic E-state index is 0.479. The maximum Gasteiger partial charge on any atom is 0.0309 e. The molecule has 0 aromatic rings. The Morgan fingerprint density at radius 1 is 1.32 bits per heavy atom. The molecule has 112 valence electrons. The molecule has 1 unspecified atom stereocenters. The Hall–Kier alpha value is 0.270. The van der Waals surface area contributed by atoms with Gasteiger partial charge in [-0.15, -0.1) is 0 Å². The highest BCUT2D eigenvalue weighted by molar-refractivity contribution is 7.98. The zero-order valence-electron chi connectivity index (χ0n) is 13.1. The lowest BCUT2D eigenvalue weighted by molar-refractivity contribution is 0.0698. The number of hydrogen-bond donors (Lipinski definition) is 1. The van der Waals surface area contributed by atoms with Crippen molar-refractivity contribution in [3.8, 4) is 0 Å². The number of nitrogens with zero attached hydrogens (tertiary/aromatic N) is 1. The first-order valence-corrected chi connectivity index (χ1v) is 9.53. The predicted molar refractivity (Wildman–Crippen MR) is 87.0 cm³/mol. The van der Waals surface area contributed by atoms with E-state index in [1.54, 1.807) is 0 Å². The lowest BCUT2D eigenvalue weighted by Crippen LogP contribution is -2.63. The van der Waals surface area contributed by atoms with Crippen LogP contribution in [0.15, 0.2) is 0 Å². The average molecular weight is 285 g/mol. The molecule has 0 bridgehead atoms. The van der Waals surface area contributed by atoms with E-state index in [4.69, 9.17) is 0 Å². The van der Waals surface area contributed by atoms with Crippen molar-refractivity contribution < 1.29 is 0 Å². The molecule has 1 aliphatic carbocycles. The van der Waals surface area contributed by atoms with Gasteiger partial charge in [0.25, 0.3) is 0 Å². The summed E-state index contributed by atoms with van der Waals surface area (Å²) in [5, 5.41) is 3.92. The van der Waals surface area contributed by atoms with Crippen LogP contribution in [0.5, 0.6) is 0 Å². The van der Waals surface area contributed by atoms with Crippen LogP contribution in [0.3, 0.4) is 0 Å². The van der Waals surface area contributed by atoms with Gasteiger partial charge in [-0.3, -0.25) is 4.90 Å². The Labute approximate surface area is 124 Å². The van der Waals surface area contributed by atoms with Crippen LogP contribution in [0.25, 0.3) is 0 Å². The van der Waals surface area contributed by atoms with Gasteiger partial charge in [-0.25, -0.2) is 0 Å². The highest BCUT2D eigenvalue weighted by atomic mass is 32.2. The normalized spacial score (nSPS) is 27.5. The molecule has 1 atom stereocenters. The topological polar surface area (TPSA) is 15.3 Å². The van der Waals surface area contributed by atoms with Gasteiger partial charge in [-0.1, -0.05) is 26.7 Å². The molecule has 0 aromatic carbocycles. The van der Waals surface area contributed by atoms with E-state index in [9.17, 15) is 0 Å². The Bertz CT molecular complexity index is 261. The van der Waals surface area contributed by atoms with E-state index in [0.29, 0.717) is 5.54 Å². The molecule has 2 rings (SSSR count). The average Bonchev–Trinajstić information content (AvgIpc) is 2.81. The molecule has 2 nitrogen and oxygen atoms in total. The fourth-order valence-corrected chi connectivity index (χ4v) is 4.29. The second-order valence-electron chi connectivity index (χ2n) is 6.97. The van der Waals surface area contributed by atoms with Crippen LogP contribution in [0.2, 0.25) is 0 Å². The van der Waals surface area contributed by atoms with E-state index in [1.807, 2.05) is 11.8 Å². The number of nitrogens with one attached hydrogen (secondary N) is 1. The zero-order chi connectivity index (χ0) is 13.7. The second-order valence-corrected chi connectivity index (χ2v) is 7.95.